The third kappa shape index (κ3) is 3.85. The molecule has 5 heteroatoms. The number of rotatable bonds is 6. The van der Waals surface area contributed by atoms with Crippen molar-refractivity contribution in [3.8, 4) is 0 Å². The van der Waals surface area contributed by atoms with Crippen molar-refractivity contribution >= 4 is 22.5 Å². The molecule has 2 aliphatic carbocycles. The lowest BCUT2D eigenvalue weighted by molar-refractivity contribution is 0.0410. The van der Waals surface area contributed by atoms with E-state index in [1.54, 1.807) is 0 Å². The van der Waals surface area contributed by atoms with Crippen molar-refractivity contribution in [1.82, 2.24) is 9.80 Å². The van der Waals surface area contributed by atoms with Gasteiger partial charge in [-0.05, 0) is 36.3 Å². The normalized spacial score (nSPS) is 29.0. The molecule has 1 saturated heterocycles. The molecule has 0 aromatic heterocycles. The van der Waals surface area contributed by atoms with Crippen LogP contribution in [0.4, 0.5) is 5.69 Å². The summed E-state index contributed by atoms with van der Waals surface area (Å²) < 4.78 is 5.51. The minimum absolute atomic E-state index is 0.221. The van der Waals surface area contributed by atoms with Crippen LogP contribution in [0.5, 0.6) is 0 Å². The first-order valence-electron chi connectivity index (χ1n) is 11.3. The first-order valence-corrected chi connectivity index (χ1v) is 12.3. The van der Waals surface area contributed by atoms with Crippen LogP contribution < -0.4 is 0 Å². The molecule has 1 heterocycles. The Balaban J connectivity index is 1.66. The highest BCUT2D eigenvalue weighted by molar-refractivity contribution is 8.14. The molecule has 1 saturated carbocycles. The lowest BCUT2D eigenvalue weighted by Gasteiger charge is -2.39. The lowest BCUT2D eigenvalue weighted by atomic mass is 9.69. The van der Waals surface area contributed by atoms with Gasteiger partial charge in [-0.1, -0.05) is 39.0 Å². The van der Waals surface area contributed by atoms with Crippen LogP contribution in [0.2, 0.25) is 0 Å². The minimum Gasteiger partial charge on any atom is -0.380 e. The number of allylic oxidation sites excluding steroid dienone is 1. The van der Waals surface area contributed by atoms with Crippen LogP contribution in [0.3, 0.4) is 0 Å². The molecular formula is C25H37N3OS. The summed E-state index contributed by atoms with van der Waals surface area (Å²) in [5.41, 5.74) is 4.57. The van der Waals surface area contributed by atoms with E-state index in [2.05, 4.69) is 75.0 Å². The zero-order valence-corrected chi connectivity index (χ0v) is 20.1. The van der Waals surface area contributed by atoms with E-state index in [0.717, 1.165) is 44.3 Å². The SMILES string of the molecule is CN(C)C1=C(C(=Nc2ccccc2)SCCN2CCOCC2)C2CCC1(C)C2(C)C. The molecule has 0 N–H and O–H groups in total. The van der Waals surface area contributed by atoms with Crippen LogP contribution in [0.15, 0.2) is 46.6 Å². The molecule has 2 bridgehead atoms. The second kappa shape index (κ2) is 8.68. The second-order valence-electron chi connectivity index (χ2n) is 9.86. The minimum atomic E-state index is 0.221. The Kier molecular flexibility index (Phi) is 6.34. The Labute approximate surface area is 186 Å². The van der Waals surface area contributed by atoms with E-state index in [1.807, 2.05) is 11.8 Å². The van der Waals surface area contributed by atoms with Crippen LogP contribution in [0.25, 0.3) is 0 Å². The molecule has 164 valence electrons. The van der Waals surface area contributed by atoms with Gasteiger partial charge in [0.15, 0.2) is 0 Å². The van der Waals surface area contributed by atoms with Crippen molar-refractivity contribution in [2.24, 2.45) is 21.7 Å². The van der Waals surface area contributed by atoms with Gasteiger partial charge in [-0.15, -0.1) is 11.8 Å². The highest BCUT2D eigenvalue weighted by Gasteiger charge is 2.62. The van der Waals surface area contributed by atoms with Crippen LogP contribution in [0.1, 0.15) is 33.6 Å². The van der Waals surface area contributed by atoms with Gasteiger partial charge >= 0.3 is 0 Å². The van der Waals surface area contributed by atoms with Crippen molar-refractivity contribution < 1.29 is 4.74 Å². The number of benzene rings is 1. The number of hydrogen-bond donors (Lipinski definition) is 0. The van der Waals surface area contributed by atoms with Gasteiger partial charge in [-0.25, -0.2) is 4.99 Å². The zero-order chi connectivity index (χ0) is 21.4. The largest absolute Gasteiger partial charge is 0.380 e. The van der Waals surface area contributed by atoms with E-state index in [0.29, 0.717) is 5.92 Å². The average molecular weight is 428 g/mol. The van der Waals surface area contributed by atoms with Gasteiger partial charge in [0.2, 0.25) is 0 Å². The third-order valence-electron chi connectivity index (χ3n) is 7.77. The van der Waals surface area contributed by atoms with Crippen LogP contribution in [-0.2, 0) is 4.74 Å². The van der Waals surface area contributed by atoms with Crippen molar-refractivity contribution in [1.29, 1.82) is 0 Å². The maximum atomic E-state index is 5.51. The smallest absolute Gasteiger partial charge is 0.102 e. The first kappa shape index (κ1) is 21.9. The van der Waals surface area contributed by atoms with Crippen molar-refractivity contribution in [3.63, 3.8) is 0 Å². The molecule has 0 amide bonds. The Morgan fingerprint density at radius 3 is 2.53 bits per heavy atom. The molecule has 4 rings (SSSR count). The first-order chi connectivity index (χ1) is 14.3. The number of nitrogens with zero attached hydrogens (tertiary/aromatic N) is 3. The maximum Gasteiger partial charge on any atom is 0.102 e. The average Bonchev–Trinajstić information content (AvgIpc) is 3.06. The molecule has 1 aromatic carbocycles. The number of para-hydroxylation sites is 1. The van der Waals surface area contributed by atoms with E-state index in [4.69, 9.17) is 9.73 Å². The van der Waals surface area contributed by atoms with Gasteiger partial charge in [0.1, 0.15) is 5.04 Å². The monoisotopic (exact) mass is 427 g/mol. The fraction of sp³-hybridized carbons (Fsp3) is 0.640. The fourth-order valence-electron chi connectivity index (χ4n) is 5.76. The second-order valence-corrected chi connectivity index (χ2v) is 10.9. The van der Waals surface area contributed by atoms with Gasteiger partial charge in [0, 0.05) is 56.2 Å². The summed E-state index contributed by atoms with van der Waals surface area (Å²) in [5, 5.41) is 1.24. The lowest BCUT2D eigenvalue weighted by Crippen LogP contribution is -2.37. The molecule has 4 nitrogen and oxygen atoms in total. The molecule has 2 atom stereocenters. The third-order valence-corrected chi connectivity index (χ3v) is 8.74. The number of ether oxygens (including phenoxy) is 1. The molecule has 2 unspecified atom stereocenters. The summed E-state index contributed by atoms with van der Waals surface area (Å²) in [4.78, 5) is 10.1. The van der Waals surface area contributed by atoms with Gasteiger partial charge in [0.25, 0.3) is 0 Å². The maximum absolute atomic E-state index is 5.51. The summed E-state index contributed by atoms with van der Waals surface area (Å²) in [7, 11) is 4.44. The van der Waals surface area contributed by atoms with E-state index >= 15 is 0 Å². The van der Waals surface area contributed by atoms with E-state index in [9.17, 15) is 0 Å². The van der Waals surface area contributed by atoms with Crippen molar-refractivity contribution in [3.05, 3.63) is 41.6 Å². The molecule has 30 heavy (non-hydrogen) atoms. The van der Waals surface area contributed by atoms with Gasteiger partial charge in [0.05, 0.1) is 18.9 Å². The molecule has 3 aliphatic rings. The van der Waals surface area contributed by atoms with E-state index < -0.39 is 0 Å². The molecule has 0 radical (unpaired) electrons. The predicted octanol–water partition coefficient (Wildman–Crippen LogP) is 5.05. The molecule has 2 fully saturated rings. The number of hydrogen-bond acceptors (Lipinski definition) is 5. The number of aliphatic imine (C=N–C) groups is 1. The fourth-order valence-corrected chi connectivity index (χ4v) is 6.87. The predicted molar refractivity (Wildman–Crippen MR) is 129 cm³/mol. The zero-order valence-electron chi connectivity index (χ0n) is 19.3. The topological polar surface area (TPSA) is 28.1 Å². The van der Waals surface area contributed by atoms with Crippen LogP contribution in [0, 0.1) is 16.7 Å². The van der Waals surface area contributed by atoms with Gasteiger partial charge in [-0.2, -0.15) is 0 Å². The highest BCUT2D eigenvalue weighted by Crippen LogP contribution is 2.68. The van der Waals surface area contributed by atoms with Crippen molar-refractivity contribution in [2.75, 3.05) is 52.7 Å². The van der Waals surface area contributed by atoms with Gasteiger partial charge < -0.3 is 9.64 Å². The molecular weight excluding hydrogens is 390 g/mol. The summed E-state index contributed by atoms with van der Waals surface area (Å²) in [6.45, 7) is 12.3. The van der Waals surface area contributed by atoms with Crippen LogP contribution in [-0.4, -0.2) is 67.5 Å². The highest BCUT2D eigenvalue weighted by atomic mass is 32.2. The number of thioether (sulfide) groups is 1. The molecule has 1 aliphatic heterocycles. The van der Waals surface area contributed by atoms with Crippen molar-refractivity contribution in [2.45, 2.75) is 33.6 Å². The van der Waals surface area contributed by atoms with E-state index in [1.165, 1.54) is 29.2 Å². The molecule has 0 spiro atoms. The Bertz CT molecular complexity index is 811. The standard InChI is InChI=1S/C25H37N3OS/c1-24(2)20-11-12-25(24,3)22(27(4)5)21(20)23(26-19-9-7-6-8-10-19)30-18-15-28-13-16-29-17-14-28/h6-10,20H,11-18H2,1-5H3. The Morgan fingerprint density at radius 1 is 1.17 bits per heavy atom. The summed E-state index contributed by atoms with van der Waals surface area (Å²) >= 11 is 1.95. The van der Waals surface area contributed by atoms with Crippen LogP contribution >= 0.6 is 11.8 Å². The Morgan fingerprint density at radius 2 is 1.87 bits per heavy atom. The molecule has 1 aromatic rings. The van der Waals surface area contributed by atoms with E-state index in [-0.39, 0.29) is 10.8 Å². The summed E-state index contributed by atoms with van der Waals surface area (Å²) in [6.07, 6.45) is 2.55. The quantitative estimate of drug-likeness (QED) is 0.469. The summed E-state index contributed by atoms with van der Waals surface area (Å²) in [5.74, 6) is 1.65. The number of fused-ring (bicyclic) bond motifs is 2. The Hall–Kier alpha value is -1.30. The summed E-state index contributed by atoms with van der Waals surface area (Å²) in [6, 6.07) is 10.5. The van der Waals surface area contributed by atoms with Gasteiger partial charge in [-0.3, -0.25) is 4.90 Å². The number of morpholine rings is 1.